The molecule has 4 aromatic rings. The highest BCUT2D eigenvalue weighted by Gasteiger charge is 2.20. The van der Waals surface area contributed by atoms with Crippen LogP contribution >= 0.6 is 0 Å². The quantitative estimate of drug-likeness (QED) is 0.178. The van der Waals surface area contributed by atoms with Crippen LogP contribution in [0, 0.1) is 11.3 Å². The van der Waals surface area contributed by atoms with Gasteiger partial charge in [-0.15, -0.1) is 0 Å². The summed E-state index contributed by atoms with van der Waals surface area (Å²) in [5.74, 6) is 0.478. The SMILES string of the molecule is CCc1cc2c(cc1-c1cccc(NC(=O)c3ccc(NC(=O)/C=C/CNC4CCC(OC)CC4)c(C#N)c3)c1)nc1n2CCC1. The number of methoxy groups -OCH3 is 1. The number of anilines is 2. The number of amides is 2. The summed E-state index contributed by atoms with van der Waals surface area (Å²) in [6.07, 6.45) is 10.8. The first kappa shape index (κ1) is 31.2. The number of hydrogen-bond acceptors (Lipinski definition) is 6. The number of benzene rings is 3. The molecule has 1 aliphatic carbocycles. The van der Waals surface area contributed by atoms with Gasteiger partial charge in [-0.25, -0.2) is 4.98 Å². The zero-order valence-electron chi connectivity index (χ0n) is 26.4. The number of fused-ring (bicyclic) bond motifs is 3. The molecule has 0 spiro atoms. The minimum Gasteiger partial charge on any atom is -0.381 e. The van der Waals surface area contributed by atoms with Gasteiger partial charge in [0.05, 0.1) is 28.4 Å². The number of nitriles is 1. The van der Waals surface area contributed by atoms with Crippen molar-refractivity contribution in [3.63, 3.8) is 0 Å². The lowest BCUT2D eigenvalue weighted by atomic mass is 9.93. The maximum absolute atomic E-state index is 13.2. The third kappa shape index (κ3) is 6.89. The molecule has 0 unspecified atom stereocenters. The molecular formula is C37H40N6O3. The first-order valence-electron chi connectivity index (χ1n) is 16.2. The number of hydrogen-bond donors (Lipinski definition) is 3. The van der Waals surface area contributed by atoms with E-state index in [-0.39, 0.29) is 17.4 Å². The lowest BCUT2D eigenvalue weighted by Gasteiger charge is -2.27. The smallest absolute Gasteiger partial charge is 0.255 e. The topological polar surface area (TPSA) is 121 Å². The summed E-state index contributed by atoms with van der Waals surface area (Å²) in [5, 5.41) is 19.0. The van der Waals surface area contributed by atoms with Gasteiger partial charge in [0.25, 0.3) is 5.91 Å². The second kappa shape index (κ2) is 14.1. The van der Waals surface area contributed by atoms with E-state index >= 15 is 0 Å². The van der Waals surface area contributed by atoms with E-state index in [1.54, 1.807) is 25.3 Å². The van der Waals surface area contributed by atoms with Crippen LogP contribution in [0.5, 0.6) is 0 Å². The predicted molar refractivity (Wildman–Crippen MR) is 181 cm³/mol. The van der Waals surface area contributed by atoms with Crippen LogP contribution in [-0.4, -0.2) is 47.2 Å². The molecule has 2 aliphatic rings. The second-order valence-corrected chi connectivity index (χ2v) is 12.1. The van der Waals surface area contributed by atoms with Crippen LogP contribution in [0.3, 0.4) is 0 Å². The molecule has 0 saturated heterocycles. The molecule has 3 aromatic carbocycles. The van der Waals surface area contributed by atoms with Gasteiger partial charge in [0.2, 0.25) is 5.91 Å². The third-order valence-electron chi connectivity index (χ3n) is 9.11. The summed E-state index contributed by atoms with van der Waals surface area (Å²) in [7, 11) is 1.76. The summed E-state index contributed by atoms with van der Waals surface area (Å²) in [6.45, 7) is 3.75. The highest BCUT2D eigenvalue weighted by Crippen LogP contribution is 2.33. The van der Waals surface area contributed by atoms with Crippen LogP contribution in [0.1, 0.15) is 66.3 Å². The van der Waals surface area contributed by atoms with Gasteiger partial charge in [-0.2, -0.15) is 5.26 Å². The Morgan fingerprint density at radius 2 is 1.93 bits per heavy atom. The van der Waals surface area contributed by atoms with Crippen LogP contribution in [0.15, 0.2) is 66.7 Å². The Balaban J connectivity index is 1.09. The van der Waals surface area contributed by atoms with Crippen molar-refractivity contribution in [2.75, 3.05) is 24.3 Å². The summed E-state index contributed by atoms with van der Waals surface area (Å²) in [5.41, 5.74) is 7.08. The Morgan fingerprint density at radius 3 is 2.72 bits per heavy atom. The minimum absolute atomic E-state index is 0.212. The van der Waals surface area contributed by atoms with E-state index in [4.69, 9.17) is 9.72 Å². The number of ether oxygens (including phenoxy) is 1. The number of aromatic nitrogens is 2. The fraction of sp³-hybridized carbons (Fsp3) is 0.351. The summed E-state index contributed by atoms with van der Waals surface area (Å²) < 4.78 is 7.75. The molecule has 0 atom stereocenters. The van der Waals surface area contributed by atoms with Crippen molar-refractivity contribution in [2.45, 2.75) is 70.6 Å². The Morgan fingerprint density at radius 1 is 1.09 bits per heavy atom. The third-order valence-corrected chi connectivity index (χ3v) is 9.11. The normalized spacial score (nSPS) is 17.6. The number of rotatable bonds is 10. The number of carbonyl (C=O) groups excluding carboxylic acids is 2. The highest BCUT2D eigenvalue weighted by atomic mass is 16.5. The zero-order valence-corrected chi connectivity index (χ0v) is 26.4. The van der Waals surface area contributed by atoms with Crippen LogP contribution in [0.2, 0.25) is 0 Å². The summed E-state index contributed by atoms with van der Waals surface area (Å²) in [6, 6.07) is 19.4. The molecule has 1 saturated carbocycles. The van der Waals surface area contributed by atoms with E-state index in [1.807, 2.05) is 24.3 Å². The van der Waals surface area contributed by atoms with E-state index in [9.17, 15) is 14.9 Å². The second-order valence-electron chi connectivity index (χ2n) is 12.1. The maximum atomic E-state index is 13.2. The van der Waals surface area contributed by atoms with Crippen LogP contribution in [-0.2, 0) is 28.9 Å². The predicted octanol–water partition coefficient (Wildman–Crippen LogP) is 6.38. The zero-order chi connectivity index (χ0) is 32.0. The standard InChI is InChI=1S/C37H40N6O3/c1-3-24-21-34-33(41-35-9-6-18-43(34)35)22-31(24)25-7-4-8-29(20-25)40-37(45)26-11-16-32(27(19-26)23-38)42-36(44)10-5-17-39-28-12-14-30(46-2)15-13-28/h4-5,7-8,10-11,16,19-22,28,30,39H,3,6,9,12-15,17-18H2,1-2H3,(H,40,45)(H,42,44)/b10-5+. The fourth-order valence-electron chi connectivity index (χ4n) is 6.59. The molecule has 1 fully saturated rings. The minimum atomic E-state index is -0.339. The van der Waals surface area contributed by atoms with Gasteiger partial charge in [-0.3, -0.25) is 9.59 Å². The van der Waals surface area contributed by atoms with Crippen molar-refractivity contribution < 1.29 is 14.3 Å². The van der Waals surface area contributed by atoms with E-state index in [1.165, 1.54) is 23.2 Å². The van der Waals surface area contributed by atoms with Crippen molar-refractivity contribution in [2.24, 2.45) is 0 Å². The van der Waals surface area contributed by atoms with Gasteiger partial charge in [-0.05, 0) is 97.7 Å². The van der Waals surface area contributed by atoms with E-state index in [2.05, 4.69) is 45.6 Å². The molecule has 1 aliphatic heterocycles. The molecule has 236 valence electrons. The molecule has 0 radical (unpaired) electrons. The number of carbonyl (C=O) groups is 2. The van der Waals surface area contributed by atoms with E-state index in [0.717, 1.165) is 74.0 Å². The average molecular weight is 617 g/mol. The van der Waals surface area contributed by atoms with Gasteiger partial charge < -0.3 is 25.3 Å². The Kier molecular flexibility index (Phi) is 9.57. The van der Waals surface area contributed by atoms with Gasteiger partial charge in [0.15, 0.2) is 0 Å². The first-order chi connectivity index (χ1) is 22.4. The first-order valence-corrected chi connectivity index (χ1v) is 16.2. The van der Waals surface area contributed by atoms with Crippen LogP contribution < -0.4 is 16.0 Å². The fourth-order valence-corrected chi connectivity index (χ4v) is 6.59. The largest absolute Gasteiger partial charge is 0.381 e. The highest BCUT2D eigenvalue weighted by molar-refractivity contribution is 6.06. The van der Waals surface area contributed by atoms with Crippen LogP contribution in [0.4, 0.5) is 11.4 Å². The Bertz CT molecular complexity index is 1830. The monoisotopic (exact) mass is 616 g/mol. The van der Waals surface area contributed by atoms with E-state index in [0.29, 0.717) is 35.6 Å². The van der Waals surface area contributed by atoms with Gasteiger partial charge in [0.1, 0.15) is 11.9 Å². The molecular weight excluding hydrogens is 576 g/mol. The van der Waals surface area contributed by atoms with Gasteiger partial charge >= 0.3 is 0 Å². The molecule has 0 bridgehead atoms. The van der Waals surface area contributed by atoms with E-state index < -0.39 is 0 Å². The van der Waals surface area contributed by atoms with Crippen molar-refractivity contribution in [3.8, 4) is 17.2 Å². The number of nitrogens with one attached hydrogen (secondary N) is 3. The van der Waals surface area contributed by atoms with Crippen molar-refractivity contribution >= 4 is 34.2 Å². The summed E-state index contributed by atoms with van der Waals surface area (Å²) >= 11 is 0. The Labute approximate surface area is 269 Å². The number of imidazole rings is 1. The van der Waals surface area contributed by atoms with Crippen molar-refractivity contribution in [1.82, 2.24) is 14.9 Å². The molecule has 1 aromatic heterocycles. The molecule has 3 N–H and O–H groups in total. The molecule has 6 rings (SSSR count). The molecule has 9 nitrogen and oxygen atoms in total. The number of nitrogens with zero attached hydrogens (tertiary/aromatic N) is 3. The maximum Gasteiger partial charge on any atom is 0.255 e. The van der Waals surface area contributed by atoms with Gasteiger partial charge in [0, 0.05) is 50.0 Å². The molecule has 2 amide bonds. The molecule has 46 heavy (non-hydrogen) atoms. The van der Waals surface area contributed by atoms with Gasteiger partial charge in [-0.1, -0.05) is 25.1 Å². The summed E-state index contributed by atoms with van der Waals surface area (Å²) in [4.78, 5) is 30.7. The number of aryl methyl sites for hydroxylation is 3. The van der Waals surface area contributed by atoms with Crippen molar-refractivity contribution in [1.29, 1.82) is 5.26 Å². The van der Waals surface area contributed by atoms with Crippen molar-refractivity contribution in [3.05, 3.63) is 89.3 Å². The lowest BCUT2D eigenvalue weighted by Crippen LogP contribution is -2.35. The van der Waals surface area contributed by atoms with Crippen LogP contribution in [0.25, 0.3) is 22.2 Å². The lowest BCUT2D eigenvalue weighted by molar-refractivity contribution is -0.111. The average Bonchev–Trinajstić information content (AvgIpc) is 3.68. The Hall–Kier alpha value is -4.78. The molecule has 2 heterocycles. The molecule has 9 heteroatoms.